The lowest BCUT2D eigenvalue weighted by molar-refractivity contribution is 0.389. The van der Waals surface area contributed by atoms with Crippen molar-refractivity contribution in [2.24, 2.45) is 5.92 Å². The van der Waals surface area contributed by atoms with Crippen molar-refractivity contribution in [1.82, 2.24) is 10.3 Å². The lowest BCUT2D eigenvalue weighted by atomic mass is 10.0. The Labute approximate surface area is 102 Å². The van der Waals surface area contributed by atoms with Crippen LogP contribution in [0.3, 0.4) is 0 Å². The monoisotopic (exact) mass is 238 g/mol. The molecule has 1 aliphatic rings. The highest BCUT2D eigenvalue weighted by molar-refractivity contribution is 7.11. The Kier molecular flexibility index (Phi) is 3.98. The van der Waals surface area contributed by atoms with Gasteiger partial charge in [0, 0.05) is 17.5 Å². The number of hydrogen-bond acceptors (Lipinski definition) is 3. The Morgan fingerprint density at radius 3 is 2.88 bits per heavy atom. The van der Waals surface area contributed by atoms with Crippen molar-refractivity contribution in [2.75, 3.05) is 0 Å². The summed E-state index contributed by atoms with van der Waals surface area (Å²) in [7, 11) is 0. The first kappa shape index (κ1) is 12.1. The van der Waals surface area contributed by atoms with Crippen LogP contribution >= 0.6 is 11.3 Å². The first-order valence-corrected chi connectivity index (χ1v) is 7.23. The minimum atomic E-state index is 0.587. The van der Waals surface area contributed by atoms with E-state index in [0.29, 0.717) is 6.04 Å². The summed E-state index contributed by atoms with van der Waals surface area (Å²) < 4.78 is 0. The minimum absolute atomic E-state index is 0.587. The summed E-state index contributed by atoms with van der Waals surface area (Å²) in [5, 5.41) is 4.86. The van der Waals surface area contributed by atoms with Gasteiger partial charge < -0.3 is 5.32 Å². The zero-order chi connectivity index (χ0) is 11.5. The minimum Gasteiger partial charge on any atom is -0.308 e. The van der Waals surface area contributed by atoms with Crippen LogP contribution in [-0.4, -0.2) is 11.0 Å². The summed E-state index contributed by atoms with van der Waals surface area (Å²) in [4.78, 5) is 6.24. The number of nitrogens with one attached hydrogen (secondary N) is 1. The Morgan fingerprint density at radius 2 is 2.19 bits per heavy atom. The quantitative estimate of drug-likeness (QED) is 0.852. The molecule has 1 N–H and O–H groups in total. The van der Waals surface area contributed by atoms with E-state index >= 15 is 0 Å². The van der Waals surface area contributed by atoms with Crippen molar-refractivity contribution in [3.8, 4) is 0 Å². The van der Waals surface area contributed by atoms with E-state index in [-0.39, 0.29) is 0 Å². The van der Waals surface area contributed by atoms with Crippen molar-refractivity contribution in [3.63, 3.8) is 0 Å². The van der Waals surface area contributed by atoms with Crippen LogP contribution in [0.2, 0.25) is 0 Å². The van der Waals surface area contributed by atoms with Crippen LogP contribution in [0.5, 0.6) is 0 Å². The van der Waals surface area contributed by atoms with Gasteiger partial charge in [-0.25, -0.2) is 4.98 Å². The molecule has 1 heterocycles. The molecule has 0 spiro atoms. The van der Waals surface area contributed by atoms with Gasteiger partial charge in [-0.15, -0.1) is 11.3 Å². The van der Waals surface area contributed by atoms with Crippen molar-refractivity contribution >= 4 is 11.3 Å². The summed E-state index contributed by atoms with van der Waals surface area (Å²) in [6.07, 6.45) is 5.01. The van der Waals surface area contributed by atoms with Gasteiger partial charge in [-0.1, -0.05) is 20.3 Å². The molecule has 1 aliphatic carbocycles. The van der Waals surface area contributed by atoms with Gasteiger partial charge in [0.15, 0.2) is 0 Å². The Bertz CT molecular complexity index is 324. The van der Waals surface area contributed by atoms with Crippen molar-refractivity contribution in [1.29, 1.82) is 0 Å². The molecule has 0 amide bonds. The number of fused-ring (bicyclic) bond motifs is 1. The van der Waals surface area contributed by atoms with Gasteiger partial charge in [0.05, 0.1) is 5.69 Å². The first-order chi connectivity index (χ1) is 7.70. The van der Waals surface area contributed by atoms with Crippen LogP contribution in [0.25, 0.3) is 0 Å². The highest BCUT2D eigenvalue weighted by atomic mass is 32.1. The van der Waals surface area contributed by atoms with Crippen molar-refractivity contribution in [3.05, 3.63) is 15.6 Å². The second-order valence-corrected chi connectivity index (χ2v) is 6.05. The molecule has 1 aromatic rings. The van der Waals surface area contributed by atoms with E-state index in [9.17, 15) is 0 Å². The SMILES string of the molecule is CCC(C)C(C)NCc1nc2c(s1)CCC2. The van der Waals surface area contributed by atoms with E-state index in [1.807, 2.05) is 11.3 Å². The van der Waals surface area contributed by atoms with Gasteiger partial charge in [-0.05, 0) is 32.1 Å². The molecule has 1 aromatic heterocycles. The maximum Gasteiger partial charge on any atom is 0.107 e. The second-order valence-electron chi connectivity index (χ2n) is 4.89. The zero-order valence-electron chi connectivity index (χ0n) is 10.5. The number of aryl methyl sites for hydroxylation is 2. The van der Waals surface area contributed by atoms with Gasteiger partial charge in [0.2, 0.25) is 0 Å². The van der Waals surface area contributed by atoms with Gasteiger partial charge >= 0.3 is 0 Å². The third-order valence-corrected chi connectivity index (χ3v) is 4.87. The van der Waals surface area contributed by atoms with Crippen molar-refractivity contribution < 1.29 is 0 Å². The van der Waals surface area contributed by atoms with E-state index < -0.39 is 0 Å². The molecular weight excluding hydrogens is 216 g/mol. The van der Waals surface area contributed by atoms with E-state index in [4.69, 9.17) is 4.98 Å². The molecule has 2 nitrogen and oxygen atoms in total. The first-order valence-electron chi connectivity index (χ1n) is 6.41. The smallest absolute Gasteiger partial charge is 0.107 e. The number of thiazole rings is 1. The van der Waals surface area contributed by atoms with E-state index in [1.165, 1.54) is 41.3 Å². The van der Waals surface area contributed by atoms with Crippen LogP contribution in [0.4, 0.5) is 0 Å². The molecule has 2 rings (SSSR count). The average molecular weight is 238 g/mol. The fraction of sp³-hybridized carbons (Fsp3) is 0.769. The molecule has 90 valence electrons. The van der Waals surface area contributed by atoms with Crippen LogP contribution in [0.1, 0.15) is 49.2 Å². The standard InChI is InChI=1S/C13H22N2S/c1-4-9(2)10(3)14-8-13-15-11-6-5-7-12(11)16-13/h9-10,14H,4-8H2,1-3H3. The van der Waals surface area contributed by atoms with Gasteiger partial charge in [0.1, 0.15) is 5.01 Å². The largest absolute Gasteiger partial charge is 0.308 e. The Balaban J connectivity index is 1.85. The highest BCUT2D eigenvalue weighted by Crippen LogP contribution is 2.27. The summed E-state index contributed by atoms with van der Waals surface area (Å²) in [5.41, 5.74) is 1.37. The lowest BCUT2D eigenvalue weighted by Crippen LogP contribution is -2.31. The summed E-state index contributed by atoms with van der Waals surface area (Å²) in [6.45, 7) is 7.78. The predicted molar refractivity (Wildman–Crippen MR) is 69.9 cm³/mol. The number of hydrogen-bond donors (Lipinski definition) is 1. The Morgan fingerprint density at radius 1 is 1.38 bits per heavy atom. The third-order valence-electron chi connectivity index (χ3n) is 3.71. The Hall–Kier alpha value is -0.410. The van der Waals surface area contributed by atoms with Crippen molar-refractivity contribution in [2.45, 2.75) is 59.0 Å². The molecule has 0 aliphatic heterocycles. The second kappa shape index (κ2) is 5.28. The molecule has 2 atom stereocenters. The fourth-order valence-electron chi connectivity index (χ4n) is 2.12. The van der Waals surface area contributed by atoms with E-state index in [2.05, 4.69) is 26.1 Å². The lowest BCUT2D eigenvalue weighted by Gasteiger charge is -2.19. The number of aromatic nitrogens is 1. The number of rotatable bonds is 5. The van der Waals surface area contributed by atoms with Gasteiger partial charge in [-0.3, -0.25) is 0 Å². The maximum atomic E-state index is 4.70. The van der Waals surface area contributed by atoms with Crippen LogP contribution in [0.15, 0.2) is 0 Å². The summed E-state index contributed by atoms with van der Waals surface area (Å²) in [6, 6.07) is 0.587. The van der Waals surface area contributed by atoms with Gasteiger partial charge in [-0.2, -0.15) is 0 Å². The third kappa shape index (κ3) is 2.64. The fourth-order valence-corrected chi connectivity index (χ4v) is 3.23. The maximum absolute atomic E-state index is 4.70. The highest BCUT2D eigenvalue weighted by Gasteiger charge is 2.17. The van der Waals surface area contributed by atoms with E-state index in [1.54, 1.807) is 0 Å². The average Bonchev–Trinajstić information content (AvgIpc) is 2.84. The van der Waals surface area contributed by atoms with E-state index in [0.717, 1.165) is 12.5 Å². The molecule has 0 radical (unpaired) electrons. The normalized spacial score (nSPS) is 18.4. The molecule has 16 heavy (non-hydrogen) atoms. The number of nitrogens with zero attached hydrogens (tertiary/aromatic N) is 1. The zero-order valence-corrected chi connectivity index (χ0v) is 11.4. The predicted octanol–water partition coefficient (Wildman–Crippen LogP) is 3.16. The summed E-state index contributed by atoms with van der Waals surface area (Å²) in [5.74, 6) is 0.742. The van der Waals surface area contributed by atoms with Crippen LogP contribution in [-0.2, 0) is 19.4 Å². The molecule has 0 saturated heterocycles. The van der Waals surface area contributed by atoms with Crippen LogP contribution in [0, 0.1) is 5.92 Å². The molecule has 0 aromatic carbocycles. The molecular formula is C13H22N2S. The molecule has 0 saturated carbocycles. The molecule has 2 unspecified atom stereocenters. The van der Waals surface area contributed by atoms with Gasteiger partial charge in [0.25, 0.3) is 0 Å². The summed E-state index contributed by atoms with van der Waals surface area (Å²) >= 11 is 1.91. The van der Waals surface area contributed by atoms with Crippen LogP contribution < -0.4 is 5.32 Å². The topological polar surface area (TPSA) is 24.9 Å². The molecule has 0 bridgehead atoms. The molecule has 3 heteroatoms. The molecule has 0 fully saturated rings.